The summed E-state index contributed by atoms with van der Waals surface area (Å²) in [6.45, 7) is 1.69. The lowest BCUT2D eigenvalue weighted by atomic mass is 10.2. The Hall–Kier alpha value is -2.09. The number of rotatable bonds is 2. The largest absolute Gasteiger partial charge is 0.303 e. The fraction of sp³-hybridized carbons (Fsp3) is 0.125. The van der Waals surface area contributed by atoms with E-state index in [2.05, 4.69) is 4.98 Å². The van der Waals surface area contributed by atoms with Crippen molar-refractivity contribution >= 4 is 32.9 Å². The van der Waals surface area contributed by atoms with E-state index >= 15 is 0 Å². The third-order valence-corrected chi connectivity index (χ3v) is 2.89. The summed E-state index contributed by atoms with van der Waals surface area (Å²) < 4.78 is 0.457. The Kier molecular flexibility index (Phi) is 2.27. The number of non-ortho nitro benzene ring substituents is 2. The second kappa shape index (κ2) is 3.49. The van der Waals surface area contributed by atoms with Gasteiger partial charge in [-0.2, -0.15) is 0 Å². The molecule has 1 aromatic heterocycles. The first kappa shape index (κ1) is 10.4. The number of fused-ring (bicyclic) bond motifs is 1. The summed E-state index contributed by atoms with van der Waals surface area (Å²) >= 11 is 1.20. The van der Waals surface area contributed by atoms with Crippen LogP contribution in [-0.2, 0) is 0 Å². The standard InChI is InChI=1S/C8H5N3O4S/c1-4-9-8-6(11(14)15)2-5(10(12)13)3-7(8)16-4/h2-3H,1H3. The van der Waals surface area contributed by atoms with Crippen LogP contribution in [0.1, 0.15) is 5.01 Å². The maximum atomic E-state index is 10.7. The third kappa shape index (κ3) is 1.58. The Morgan fingerprint density at radius 1 is 1.25 bits per heavy atom. The van der Waals surface area contributed by atoms with Crippen molar-refractivity contribution in [3.63, 3.8) is 0 Å². The average Bonchev–Trinajstić information content (AvgIpc) is 2.55. The number of benzene rings is 1. The second-order valence-electron chi connectivity index (χ2n) is 3.06. The first-order chi connectivity index (χ1) is 7.49. The first-order valence-electron chi connectivity index (χ1n) is 4.19. The number of aryl methyl sites for hydroxylation is 1. The molecule has 0 amide bonds. The van der Waals surface area contributed by atoms with Gasteiger partial charge in [0.1, 0.15) is 0 Å². The lowest BCUT2D eigenvalue weighted by Gasteiger charge is -1.93. The molecule has 7 nitrogen and oxygen atoms in total. The Morgan fingerprint density at radius 3 is 2.50 bits per heavy atom. The van der Waals surface area contributed by atoms with E-state index in [9.17, 15) is 20.2 Å². The molecule has 8 heteroatoms. The van der Waals surface area contributed by atoms with Crippen LogP contribution in [0.3, 0.4) is 0 Å². The molecule has 2 rings (SSSR count). The molecule has 0 saturated carbocycles. The topological polar surface area (TPSA) is 99.2 Å². The van der Waals surface area contributed by atoms with Crippen LogP contribution in [0.15, 0.2) is 12.1 Å². The average molecular weight is 239 g/mol. The van der Waals surface area contributed by atoms with Crippen LogP contribution in [0.4, 0.5) is 11.4 Å². The van der Waals surface area contributed by atoms with E-state index in [-0.39, 0.29) is 16.9 Å². The smallest absolute Gasteiger partial charge is 0.258 e. The van der Waals surface area contributed by atoms with Gasteiger partial charge in [-0.1, -0.05) is 0 Å². The quantitative estimate of drug-likeness (QED) is 0.591. The predicted molar refractivity (Wildman–Crippen MR) is 57.7 cm³/mol. The molecule has 1 heterocycles. The molecule has 0 unspecified atom stereocenters. The lowest BCUT2D eigenvalue weighted by Crippen LogP contribution is -1.93. The molecule has 82 valence electrons. The normalized spacial score (nSPS) is 10.6. The molecule has 0 N–H and O–H groups in total. The predicted octanol–water partition coefficient (Wildman–Crippen LogP) is 2.42. The molecule has 0 atom stereocenters. The SMILES string of the molecule is Cc1nc2c([N+](=O)[O-])cc([N+](=O)[O-])cc2s1. The van der Waals surface area contributed by atoms with Crippen molar-refractivity contribution < 1.29 is 9.85 Å². The zero-order chi connectivity index (χ0) is 11.9. The number of nitrogens with zero attached hydrogens (tertiary/aromatic N) is 3. The van der Waals surface area contributed by atoms with E-state index in [0.717, 1.165) is 6.07 Å². The van der Waals surface area contributed by atoms with Gasteiger partial charge in [-0.15, -0.1) is 11.3 Å². The van der Waals surface area contributed by atoms with Gasteiger partial charge in [0.15, 0.2) is 5.52 Å². The van der Waals surface area contributed by atoms with Crippen LogP contribution in [0.25, 0.3) is 10.2 Å². The molecular weight excluding hydrogens is 234 g/mol. The van der Waals surface area contributed by atoms with Crippen molar-refractivity contribution in [2.24, 2.45) is 0 Å². The minimum Gasteiger partial charge on any atom is -0.258 e. The number of aromatic nitrogens is 1. The van der Waals surface area contributed by atoms with Gasteiger partial charge < -0.3 is 0 Å². The lowest BCUT2D eigenvalue weighted by molar-refractivity contribution is -0.393. The highest BCUT2D eigenvalue weighted by molar-refractivity contribution is 7.18. The molecule has 2 aromatic rings. The zero-order valence-corrected chi connectivity index (χ0v) is 8.85. The Morgan fingerprint density at radius 2 is 1.94 bits per heavy atom. The molecule has 0 saturated heterocycles. The molecular formula is C8H5N3O4S. The maximum absolute atomic E-state index is 10.7. The number of nitro groups is 2. The van der Waals surface area contributed by atoms with Crippen LogP contribution >= 0.6 is 11.3 Å². The van der Waals surface area contributed by atoms with E-state index in [1.54, 1.807) is 6.92 Å². The first-order valence-corrected chi connectivity index (χ1v) is 5.00. The molecule has 0 bridgehead atoms. The Balaban J connectivity index is 2.83. The van der Waals surface area contributed by atoms with Crippen molar-refractivity contribution in [3.05, 3.63) is 37.4 Å². The van der Waals surface area contributed by atoms with Crippen LogP contribution in [0.2, 0.25) is 0 Å². The maximum Gasteiger partial charge on any atom is 0.303 e. The summed E-state index contributed by atoms with van der Waals surface area (Å²) in [6.07, 6.45) is 0. The molecule has 0 spiro atoms. The highest BCUT2D eigenvalue weighted by Crippen LogP contribution is 2.33. The summed E-state index contributed by atoms with van der Waals surface area (Å²) in [5, 5.41) is 22.0. The summed E-state index contributed by atoms with van der Waals surface area (Å²) in [5.41, 5.74) is -0.408. The molecule has 0 aliphatic carbocycles. The second-order valence-corrected chi connectivity index (χ2v) is 4.29. The van der Waals surface area contributed by atoms with Gasteiger partial charge in [0.05, 0.1) is 25.6 Å². The fourth-order valence-electron chi connectivity index (χ4n) is 1.35. The van der Waals surface area contributed by atoms with Gasteiger partial charge in [-0.25, -0.2) is 4.98 Å². The van der Waals surface area contributed by atoms with Gasteiger partial charge >= 0.3 is 5.69 Å². The molecule has 0 fully saturated rings. The minimum absolute atomic E-state index is 0.207. The summed E-state index contributed by atoms with van der Waals surface area (Å²) in [7, 11) is 0. The number of thiazole rings is 1. The monoisotopic (exact) mass is 239 g/mol. The minimum atomic E-state index is -0.658. The van der Waals surface area contributed by atoms with Gasteiger partial charge in [0.25, 0.3) is 5.69 Å². The molecule has 1 aromatic carbocycles. The van der Waals surface area contributed by atoms with E-state index in [1.165, 1.54) is 17.4 Å². The highest BCUT2D eigenvalue weighted by atomic mass is 32.1. The van der Waals surface area contributed by atoms with Gasteiger partial charge in [0, 0.05) is 6.07 Å². The highest BCUT2D eigenvalue weighted by Gasteiger charge is 2.21. The molecule has 0 aliphatic heterocycles. The van der Waals surface area contributed by atoms with Crippen molar-refractivity contribution in [2.45, 2.75) is 6.92 Å². The van der Waals surface area contributed by atoms with Crippen molar-refractivity contribution in [3.8, 4) is 0 Å². The molecule has 16 heavy (non-hydrogen) atoms. The van der Waals surface area contributed by atoms with E-state index < -0.39 is 9.85 Å². The summed E-state index contributed by atoms with van der Waals surface area (Å²) in [4.78, 5) is 24.0. The summed E-state index contributed by atoms with van der Waals surface area (Å²) in [5.74, 6) is 0. The number of hydrogen-bond acceptors (Lipinski definition) is 6. The van der Waals surface area contributed by atoms with Crippen LogP contribution < -0.4 is 0 Å². The Labute approximate surface area is 92.6 Å². The fourth-order valence-corrected chi connectivity index (χ4v) is 2.23. The van der Waals surface area contributed by atoms with E-state index in [0.29, 0.717) is 9.71 Å². The van der Waals surface area contributed by atoms with Crippen LogP contribution in [-0.4, -0.2) is 14.8 Å². The van der Waals surface area contributed by atoms with E-state index in [1.807, 2.05) is 0 Å². The van der Waals surface area contributed by atoms with Crippen molar-refractivity contribution in [2.75, 3.05) is 0 Å². The molecule has 0 radical (unpaired) electrons. The van der Waals surface area contributed by atoms with Gasteiger partial charge in [-0.05, 0) is 6.92 Å². The molecule has 0 aliphatic rings. The third-order valence-electron chi connectivity index (χ3n) is 1.97. The number of hydrogen-bond donors (Lipinski definition) is 0. The summed E-state index contributed by atoms with van der Waals surface area (Å²) in [6, 6.07) is 2.23. The number of nitro benzene ring substituents is 2. The van der Waals surface area contributed by atoms with Crippen LogP contribution in [0, 0.1) is 27.2 Å². The van der Waals surface area contributed by atoms with Gasteiger partial charge in [0.2, 0.25) is 0 Å². The Bertz CT molecular complexity index is 607. The van der Waals surface area contributed by atoms with E-state index in [4.69, 9.17) is 0 Å². The van der Waals surface area contributed by atoms with Gasteiger partial charge in [-0.3, -0.25) is 20.2 Å². The van der Waals surface area contributed by atoms with Crippen molar-refractivity contribution in [1.82, 2.24) is 4.98 Å². The zero-order valence-electron chi connectivity index (χ0n) is 8.04. The van der Waals surface area contributed by atoms with Crippen molar-refractivity contribution in [1.29, 1.82) is 0 Å². The van der Waals surface area contributed by atoms with Crippen LogP contribution in [0.5, 0.6) is 0 Å².